The summed E-state index contributed by atoms with van der Waals surface area (Å²) in [6.45, 7) is 5.86. The largest absolute Gasteiger partial charge is 0.465 e. The fourth-order valence-electron chi connectivity index (χ4n) is 1.74. The van der Waals surface area contributed by atoms with E-state index >= 15 is 0 Å². The summed E-state index contributed by atoms with van der Waals surface area (Å²) in [5, 5.41) is 2.82. The quantitative estimate of drug-likeness (QED) is 0.764. The van der Waals surface area contributed by atoms with Crippen molar-refractivity contribution >= 4 is 33.2 Å². The Morgan fingerprint density at radius 1 is 1.40 bits per heavy atom. The zero-order valence-corrected chi connectivity index (χ0v) is 14.0. The van der Waals surface area contributed by atoms with Crippen molar-refractivity contribution in [3.63, 3.8) is 0 Å². The van der Waals surface area contributed by atoms with Crippen molar-refractivity contribution in [1.82, 2.24) is 4.98 Å². The highest BCUT2D eigenvalue weighted by molar-refractivity contribution is 9.10. The first-order chi connectivity index (χ1) is 9.46. The zero-order valence-electron chi connectivity index (χ0n) is 11.6. The number of benzene rings is 1. The fraction of sp³-hybridized carbons (Fsp3) is 0.333. The molecular weight excluding hydrogens is 338 g/mol. The first kappa shape index (κ1) is 15.2. The van der Waals surface area contributed by atoms with Gasteiger partial charge in [0.2, 0.25) is 0 Å². The Morgan fingerprint density at radius 3 is 2.75 bits per heavy atom. The number of aromatic nitrogens is 1. The molecule has 0 aliphatic heterocycles. The van der Waals surface area contributed by atoms with Gasteiger partial charge in [0.05, 0.1) is 12.3 Å². The molecule has 1 heterocycles. The van der Waals surface area contributed by atoms with E-state index in [1.54, 1.807) is 0 Å². The zero-order chi connectivity index (χ0) is 14.8. The number of halogens is 1. The number of hydrogen-bond acceptors (Lipinski definition) is 4. The van der Waals surface area contributed by atoms with Crippen molar-refractivity contribution in [2.45, 2.75) is 26.2 Å². The molecule has 5 heteroatoms. The van der Waals surface area contributed by atoms with E-state index in [2.05, 4.69) is 20.9 Å². The number of ether oxygens (including phenoxy) is 1. The van der Waals surface area contributed by atoms with Crippen LogP contribution in [-0.4, -0.2) is 17.6 Å². The van der Waals surface area contributed by atoms with Crippen LogP contribution in [0.15, 0.2) is 34.1 Å². The summed E-state index contributed by atoms with van der Waals surface area (Å²) in [7, 11) is 0. The highest BCUT2D eigenvalue weighted by atomic mass is 79.9. The van der Waals surface area contributed by atoms with Crippen LogP contribution in [0.1, 0.15) is 26.5 Å². The van der Waals surface area contributed by atoms with Crippen molar-refractivity contribution in [2.24, 2.45) is 0 Å². The van der Waals surface area contributed by atoms with E-state index in [-0.39, 0.29) is 5.97 Å². The minimum atomic E-state index is -0.730. The van der Waals surface area contributed by atoms with Gasteiger partial charge in [0, 0.05) is 15.4 Å². The van der Waals surface area contributed by atoms with Crippen LogP contribution in [0.3, 0.4) is 0 Å². The SMILES string of the molecule is CCOC(=O)C(C)(C)c1csc(-c2ccccc2Br)n1. The third-order valence-corrected chi connectivity index (χ3v) is 4.60. The van der Waals surface area contributed by atoms with Crippen LogP contribution in [0.5, 0.6) is 0 Å². The number of rotatable bonds is 4. The molecule has 0 atom stereocenters. The normalized spacial score (nSPS) is 11.4. The van der Waals surface area contributed by atoms with Gasteiger partial charge in [0.15, 0.2) is 0 Å². The number of carbonyl (C=O) groups excluding carboxylic acids is 1. The average Bonchev–Trinajstić information content (AvgIpc) is 2.89. The minimum absolute atomic E-state index is 0.246. The van der Waals surface area contributed by atoms with Gasteiger partial charge >= 0.3 is 5.97 Å². The first-order valence-corrected chi connectivity index (χ1v) is 8.02. The van der Waals surface area contributed by atoms with Gasteiger partial charge in [-0.3, -0.25) is 4.79 Å². The number of esters is 1. The molecule has 2 aromatic rings. The van der Waals surface area contributed by atoms with Crippen molar-refractivity contribution in [3.05, 3.63) is 39.8 Å². The Balaban J connectivity index is 2.34. The summed E-state index contributed by atoms with van der Waals surface area (Å²) in [6, 6.07) is 7.92. The number of thiazole rings is 1. The van der Waals surface area contributed by atoms with E-state index in [0.29, 0.717) is 6.61 Å². The van der Waals surface area contributed by atoms with Crippen LogP contribution in [0.2, 0.25) is 0 Å². The van der Waals surface area contributed by atoms with Crippen LogP contribution >= 0.6 is 27.3 Å². The average molecular weight is 354 g/mol. The monoisotopic (exact) mass is 353 g/mol. The number of nitrogens with zero attached hydrogens (tertiary/aromatic N) is 1. The summed E-state index contributed by atoms with van der Waals surface area (Å²) >= 11 is 5.05. The molecule has 0 aliphatic carbocycles. The Labute approximate surface area is 131 Å². The van der Waals surface area contributed by atoms with Crippen molar-refractivity contribution < 1.29 is 9.53 Å². The number of hydrogen-bond donors (Lipinski definition) is 0. The maximum atomic E-state index is 12.0. The van der Waals surface area contributed by atoms with E-state index in [0.717, 1.165) is 20.7 Å². The molecule has 1 aromatic carbocycles. The molecule has 0 unspecified atom stereocenters. The molecule has 0 fully saturated rings. The fourth-order valence-corrected chi connectivity index (χ4v) is 3.37. The van der Waals surface area contributed by atoms with E-state index in [4.69, 9.17) is 4.74 Å². The second kappa shape index (κ2) is 6.06. The number of carbonyl (C=O) groups is 1. The standard InChI is InChI=1S/C15H16BrNO2S/c1-4-19-14(18)15(2,3)12-9-20-13(17-12)10-7-5-6-8-11(10)16/h5-9H,4H2,1-3H3. The predicted octanol–water partition coefficient (Wildman–Crippen LogP) is 4.41. The van der Waals surface area contributed by atoms with Gasteiger partial charge in [-0.15, -0.1) is 11.3 Å². The van der Waals surface area contributed by atoms with Crippen LogP contribution in [-0.2, 0) is 14.9 Å². The van der Waals surface area contributed by atoms with Gasteiger partial charge in [-0.1, -0.05) is 34.1 Å². The molecule has 0 saturated heterocycles. The summed E-state index contributed by atoms with van der Waals surface area (Å²) in [5.74, 6) is -0.246. The summed E-state index contributed by atoms with van der Waals surface area (Å²) in [5.41, 5.74) is 1.04. The molecule has 0 saturated carbocycles. The van der Waals surface area contributed by atoms with Crippen LogP contribution in [0, 0.1) is 0 Å². The van der Waals surface area contributed by atoms with Crippen molar-refractivity contribution in [3.8, 4) is 10.6 Å². The summed E-state index contributed by atoms with van der Waals surface area (Å²) in [6.07, 6.45) is 0. The maximum absolute atomic E-state index is 12.0. The molecule has 3 nitrogen and oxygen atoms in total. The Bertz CT molecular complexity index is 622. The molecule has 0 aliphatic rings. The lowest BCUT2D eigenvalue weighted by Gasteiger charge is -2.19. The molecule has 2 rings (SSSR count). The third kappa shape index (κ3) is 2.94. The lowest BCUT2D eigenvalue weighted by molar-refractivity contribution is -0.148. The topological polar surface area (TPSA) is 39.2 Å². The Hall–Kier alpha value is -1.20. The van der Waals surface area contributed by atoms with Crippen LogP contribution in [0.25, 0.3) is 10.6 Å². The predicted molar refractivity (Wildman–Crippen MR) is 84.9 cm³/mol. The third-order valence-electron chi connectivity index (χ3n) is 3.03. The van der Waals surface area contributed by atoms with Gasteiger partial charge in [-0.25, -0.2) is 4.98 Å². The molecule has 1 aromatic heterocycles. The highest BCUT2D eigenvalue weighted by Gasteiger charge is 2.34. The lowest BCUT2D eigenvalue weighted by atomic mass is 9.90. The van der Waals surface area contributed by atoms with Gasteiger partial charge in [0.25, 0.3) is 0 Å². The van der Waals surface area contributed by atoms with Gasteiger partial charge < -0.3 is 4.74 Å². The van der Waals surface area contributed by atoms with Gasteiger partial charge in [-0.05, 0) is 26.8 Å². The minimum Gasteiger partial charge on any atom is -0.465 e. The highest BCUT2D eigenvalue weighted by Crippen LogP contribution is 2.34. The second-order valence-corrected chi connectivity index (χ2v) is 6.58. The molecule has 20 heavy (non-hydrogen) atoms. The molecule has 106 valence electrons. The van der Waals surface area contributed by atoms with Crippen molar-refractivity contribution in [1.29, 1.82) is 0 Å². The molecule has 0 amide bonds. The molecular formula is C15H16BrNO2S. The van der Waals surface area contributed by atoms with E-state index in [1.807, 2.05) is 50.4 Å². The Kier molecular flexibility index (Phi) is 4.60. The molecule has 0 bridgehead atoms. The van der Waals surface area contributed by atoms with E-state index < -0.39 is 5.41 Å². The van der Waals surface area contributed by atoms with E-state index in [1.165, 1.54) is 11.3 Å². The Morgan fingerprint density at radius 2 is 2.10 bits per heavy atom. The van der Waals surface area contributed by atoms with Crippen LogP contribution in [0.4, 0.5) is 0 Å². The molecule has 0 radical (unpaired) electrons. The smallest absolute Gasteiger partial charge is 0.317 e. The molecule has 0 spiro atoms. The van der Waals surface area contributed by atoms with Gasteiger partial charge in [0.1, 0.15) is 10.4 Å². The summed E-state index contributed by atoms with van der Waals surface area (Å²) in [4.78, 5) is 16.6. The van der Waals surface area contributed by atoms with E-state index in [9.17, 15) is 4.79 Å². The second-order valence-electron chi connectivity index (χ2n) is 4.86. The first-order valence-electron chi connectivity index (χ1n) is 6.35. The summed E-state index contributed by atoms with van der Waals surface area (Å²) < 4.78 is 6.11. The molecule has 0 N–H and O–H groups in total. The van der Waals surface area contributed by atoms with Crippen LogP contribution < -0.4 is 0 Å². The van der Waals surface area contributed by atoms with Gasteiger partial charge in [-0.2, -0.15) is 0 Å². The maximum Gasteiger partial charge on any atom is 0.317 e. The van der Waals surface area contributed by atoms with Crippen molar-refractivity contribution in [2.75, 3.05) is 6.61 Å². The lowest BCUT2D eigenvalue weighted by Crippen LogP contribution is -2.31.